The Labute approximate surface area is 95.2 Å². The number of carbonyl (C=O) groups excluding carboxylic acids is 1. The maximum absolute atomic E-state index is 12.0. The van der Waals surface area contributed by atoms with Crippen LogP contribution in [0, 0.1) is 0 Å². The van der Waals surface area contributed by atoms with Crippen molar-refractivity contribution in [2.45, 2.75) is 12.5 Å². The average molecular weight is 220 g/mol. The number of nitrogens with zero attached hydrogens (tertiary/aromatic N) is 1. The number of methoxy groups -OCH3 is 1. The molecule has 4 nitrogen and oxygen atoms in total. The van der Waals surface area contributed by atoms with Crippen LogP contribution >= 0.6 is 0 Å². The predicted octanol–water partition coefficient (Wildman–Crippen LogP) is 1.02. The van der Waals surface area contributed by atoms with Gasteiger partial charge in [-0.25, -0.2) is 0 Å². The molecule has 1 unspecified atom stereocenters. The van der Waals surface area contributed by atoms with E-state index in [4.69, 9.17) is 4.74 Å². The summed E-state index contributed by atoms with van der Waals surface area (Å²) in [6, 6.07) is 7.54. The van der Waals surface area contributed by atoms with Crippen LogP contribution in [0.3, 0.4) is 0 Å². The molecule has 1 amide bonds. The van der Waals surface area contributed by atoms with Crippen molar-refractivity contribution in [3.63, 3.8) is 0 Å². The van der Waals surface area contributed by atoms with Crippen LogP contribution in [0.5, 0.6) is 5.75 Å². The van der Waals surface area contributed by atoms with Gasteiger partial charge >= 0.3 is 0 Å². The van der Waals surface area contributed by atoms with E-state index < -0.39 is 0 Å². The number of anilines is 1. The van der Waals surface area contributed by atoms with E-state index in [9.17, 15) is 4.79 Å². The summed E-state index contributed by atoms with van der Waals surface area (Å²) in [5, 5.41) is 3.02. The first-order valence-electron chi connectivity index (χ1n) is 5.39. The first-order valence-corrected chi connectivity index (χ1v) is 5.39. The van der Waals surface area contributed by atoms with E-state index in [-0.39, 0.29) is 11.9 Å². The standard InChI is InChI=1S/C12H16N2O2/c1-13-11-6-7-14(12(11)15)9-4-3-5-10(8-9)16-2/h3-5,8,11,13H,6-7H2,1-2H3. The Balaban J connectivity index is 2.21. The molecule has 1 saturated heterocycles. The van der Waals surface area contributed by atoms with Gasteiger partial charge in [0.05, 0.1) is 13.2 Å². The molecule has 0 aliphatic carbocycles. The highest BCUT2D eigenvalue weighted by atomic mass is 16.5. The molecule has 1 fully saturated rings. The van der Waals surface area contributed by atoms with Crippen molar-refractivity contribution in [2.24, 2.45) is 0 Å². The molecule has 0 aromatic heterocycles. The third kappa shape index (κ3) is 1.88. The van der Waals surface area contributed by atoms with Crippen molar-refractivity contribution in [1.82, 2.24) is 5.32 Å². The summed E-state index contributed by atoms with van der Waals surface area (Å²) in [6.45, 7) is 0.761. The maximum atomic E-state index is 12.0. The lowest BCUT2D eigenvalue weighted by Gasteiger charge is -2.17. The lowest BCUT2D eigenvalue weighted by atomic mass is 10.2. The van der Waals surface area contributed by atoms with Gasteiger partial charge in [0.2, 0.25) is 5.91 Å². The Morgan fingerprint density at radius 2 is 2.31 bits per heavy atom. The minimum atomic E-state index is -0.0498. The summed E-state index contributed by atoms with van der Waals surface area (Å²) in [5.74, 6) is 0.911. The zero-order valence-electron chi connectivity index (χ0n) is 9.56. The Morgan fingerprint density at radius 1 is 1.50 bits per heavy atom. The number of ether oxygens (including phenoxy) is 1. The molecule has 86 valence electrons. The number of benzene rings is 1. The molecule has 0 spiro atoms. The molecule has 1 aliphatic rings. The number of rotatable bonds is 3. The van der Waals surface area contributed by atoms with Crippen LogP contribution in [-0.4, -0.2) is 32.7 Å². The van der Waals surface area contributed by atoms with E-state index in [1.54, 1.807) is 12.0 Å². The fraction of sp³-hybridized carbons (Fsp3) is 0.417. The van der Waals surface area contributed by atoms with Gasteiger partial charge in [-0.1, -0.05) is 6.07 Å². The van der Waals surface area contributed by atoms with E-state index in [0.717, 1.165) is 24.4 Å². The van der Waals surface area contributed by atoms with Crippen molar-refractivity contribution in [3.8, 4) is 5.75 Å². The summed E-state index contributed by atoms with van der Waals surface area (Å²) in [6.07, 6.45) is 0.854. The van der Waals surface area contributed by atoms with Crippen molar-refractivity contribution >= 4 is 11.6 Å². The molecule has 1 atom stereocenters. The van der Waals surface area contributed by atoms with Crippen LogP contribution in [0.25, 0.3) is 0 Å². The van der Waals surface area contributed by atoms with Gasteiger partial charge in [-0.2, -0.15) is 0 Å². The maximum Gasteiger partial charge on any atom is 0.244 e. The molecule has 1 N–H and O–H groups in total. The molecular formula is C12H16N2O2. The lowest BCUT2D eigenvalue weighted by Crippen LogP contribution is -2.36. The summed E-state index contributed by atoms with van der Waals surface area (Å²) >= 11 is 0. The van der Waals surface area contributed by atoms with E-state index in [0.29, 0.717) is 0 Å². The van der Waals surface area contributed by atoms with Crippen LogP contribution in [0.4, 0.5) is 5.69 Å². The molecule has 1 heterocycles. The number of hydrogen-bond donors (Lipinski definition) is 1. The van der Waals surface area contributed by atoms with Crippen molar-refractivity contribution in [2.75, 3.05) is 25.6 Å². The largest absolute Gasteiger partial charge is 0.497 e. The summed E-state index contributed by atoms with van der Waals surface area (Å²) in [5.41, 5.74) is 0.905. The van der Waals surface area contributed by atoms with Gasteiger partial charge in [-0.15, -0.1) is 0 Å². The van der Waals surface area contributed by atoms with Crippen molar-refractivity contribution < 1.29 is 9.53 Å². The van der Waals surface area contributed by atoms with E-state index >= 15 is 0 Å². The normalized spacial score (nSPS) is 20.2. The SMILES string of the molecule is CNC1CCN(c2cccc(OC)c2)C1=O. The molecule has 0 saturated carbocycles. The lowest BCUT2D eigenvalue weighted by molar-refractivity contribution is -0.118. The quantitative estimate of drug-likeness (QED) is 0.827. The zero-order chi connectivity index (χ0) is 11.5. The summed E-state index contributed by atoms with van der Waals surface area (Å²) in [4.78, 5) is 13.8. The second-order valence-electron chi connectivity index (χ2n) is 3.82. The third-order valence-electron chi connectivity index (χ3n) is 2.92. The fourth-order valence-electron chi connectivity index (χ4n) is 1.98. The molecule has 4 heteroatoms. The monoisotopic (exact) mass is 220 g/mol. The Morgan fingerprint density at radius 3 is 2.94 bits per heavy atom. The van der Waals surface area contributed by atoms with Crippen LogP contribution in [0.15, 0.2) is 24.3 Å². The molecule has 16 heavy (non-hydrogen) atoms. The first-order chi connectivity index (χ1) is 7.76. The first kappa shape index (κ1) is 11.0. The second-order valence-corrected chi connectivity index (χ2v) is 3.82. The van der Waals surface area contributed by atoms with Crippen molar-refractivity contribution in [3.05, 3.63) is 24.3 Å². The van der Waals surface area contributed by atoms with Gasteiger partial charge in [0.1, 0.15) is 5.75 Å². The third-order valence-corrected chi connectivity index (χ3v) is 2.92. The highest BCUT2D eigenvalue weighted by molar-refractivity contribution is 5.99. The van der Waals surface area contributed by atoms with Gasteiger partial charge < -0.3 is 15.0 Å². The molecule has 1 aliphatic heterocycles. The highest BCUT2D eigenvalue weighted by Crippen LogP contribution is 2.25. The van der Waals surface area contributed by atoms with Gasteiger partial charge in [-0.3, -0.25) is 4.79 Å². The Bertz CT molecular complexity index is 392. The number of carbonyl (C=O) groups is 1. The summed E-state index contributed by atoms with van der Waals surface area (Å²) in [7, 11) is 3.44. The van der Waals surface area contributed by atoms with Crippen LogP contribution in [0.1, 0.15) is 6.42 Å². The molecule has 0 bridgehead atoms. The van der Waals surface area contributed by atoms with Crippen LogP contribution in [0.2, 0.25) is 0 Å². The molecule has 1 aromatic carbocycles. The van der Waals surface area contributed by atoms with Crippen molar-refractivity contribution in [1.29, 1.82) is 0 Å². The van der Waals surface area contributed by atoms with E-state index in [1.807, 2.05) is 31.3 Å². The number of hydrogen-bond acceptors (Lipinski definition) is 3. The van der Waals surface area contributed by atoms with E-state index in [2.05, 4.69) is 5.32 Å². The minimum Gasteiger partial charge on any atom is -0.497 e. The number of amides is 1. The van der Waals surface area contributed by atoms with Gasteiger partial charge in [0.25, 0.3) is 0 Å². The Kier molecular flexibility index (Phi) is 3.10. The predicted molar refractivity (Wildman–Crippen MR) is 62.8 cm³/mol. The van der Waals surface area contributed by atoms with Crippen LogP contribution < -0.4 is 15.0 Å². The molecule has 0 radical (unpaired) electrons. The topological polar surface area (TPSA) is 41.6 Å². The van der Waals surface area contributed by atoms with Gasteiger partial charge in [-0.05, 0) is 25.6 Å². The van der Waals surface area contributed by atoms with Gasteiger partial charge in [0.15, 0.2) is 0 Å². The fourth-order valence-corrected chi connectivity index (χ4v) is 1.98. The summed E-state index contributed by atoms with van der Waals surface area (Å²) < 4.78 is 5.15. The average Bonchev–Trinajstić information content (AvgIpc) is 2.70. The van der Waals surface area contributed by atoms with E-state index in [1.165, 1.54) is 0 Å². The zero-order valence-corrected chi connectivity index (χ0v) is 9.56. The Hall–Kier alpha value is -1.55. The van der Waals surface area contributed by atoms with Crippen LogP contribution in [-0.2, 0) is 4.79 Å². The minimum absolute atomic E-state index is 0.0498. The molecule has 2 rings (SSSR count). The molecule has 1 aromatic rings. The highest BCUT2D eigenvalue weighted by Gasteiger charge is 2.31. The smallest absolute Gasteiger partial charge is 0.244 e. The number of likely N-dealkylation sites (N-methyl/N-ethyl adjacent to an activating group) is 1. The number of nitrogens with one attached hydrogen (secondary N) is 1. The van der Waals surface area contributed by atoms with Gasteiger partial charge in [0, 0.05) is 18.3 Å². The molecular weight excluding hydrogens is 204 g/mol. The second kappa shape index (κ2) is 4.53.